The molecule has 0 radical (unpaired) electrons. The highest BCUT2D eigenvalue weighted by atomic mass is 16.5. The topological polar surface area (TPSA) is 49.3 Å². The molecule has 0 aliphatic carbocycles. The molecule has 3 heteroatoms. The van der Waals surface area contributed by atoms with Crippen LogP contribution >= 0.6 is 0 Å². The summed E-state index contributed by atoms with van der Waals surface area (Å²) < 4.78 is 0. The van der Waals surface area contributed by atoms with Crippen LogP contribution in [0.1, 0.15) is 21.5 Å². The second-order valence-electron chi connectivity index (χ2n) is 4.42. The minimum atomic E-state index is -0.0256. The van der Waals surface area contributed by atoms with Crippen molar-refractivity contribution in [3.63, 3.8) is 0 Å². The predicted molar refractivity (Wildman–Crippen MR) is 79.7 cm³/mol. The van der Waals surface area contributed by atoms with Gasteiger partial charge < -0.3 is 5.21 Å². The van der Waals surface area contributed by atoms with Crippen LogP contribution in [0.15, 0.2) is 60.7 Å². The fraction of sp³-hybridized carbons (Fsp3) is 0.118. The van der Waals surface area contributed by atoms with Crippen LogP contribution in [0.3, 0.4) is 0 Å². The lowest BCUT2D eigenvalue weighted by atomic mass is 10.0. The van der Waals surface area contributed by atoms with Crippen molar-refractivity contribution in [2.45, 2.75) is 6.42 Å². The lowest BCUT2D eigenvalue weighted by molar-refractivity contribution is 0.104. The maximum atomic E-state index is 12.2. The Kier molecular flexibility index (Phi) is 5.24. The van der Waals surface area contributed by atoms with E-state index in [1.165, 1.54) is 0 Å². The molecular formula is C17H17NO2. The molecule has 0 saturated heterocycles. The van der Waals surface area contributed by atoms with Gasteiger partial charge in [-0.2, -0.15) is 0 Å². The first-order chi connectivity index (χ1) is 9.81. The number of hydroxylamine groups is 1. The molecule has 0 unspecified atom stereocenters. The van der Waals surface area contributed by atoms with Crippen molar-refractivity contribution in [2.75, 3.05) is 6.54 Å². The van der Waals surface area contributed by atoms with Gasteiger partial charge in [0.05, 0.1) is 0 Å². The standard InChI is InChI=1S/C17H17NO2/c19-17(11-10-14-6-2-1-3-7-14)16-9-5-4-8-15(16)12-13-18-20/h1-11,18,20H,12-13H2. The Hall–Kier alpha value is -2.23. The number of carbonyl (C=O) groups excluding carboxylic acids is 1. The van der Waals surface area contributed by atoms with E-state index in [0.717, 1.165) is 11.1 Å². The van der Waals surface area contributed by atoms with Crippen LogP contribution in [-0.4, -0.2) is 17.5 Å². The van der Waals surface area contributed by atoms with Gasteiger partial charge in [-0.1, -0.05) is 60.7 Å². The second kappa shape index (κ2) is 7.38. The Labute approximate surface area is 118 Å². The third-order valence-corrected chi connectivity index (χ3v) is 3.02. The van der Waals surface area contributed by atoms with Crippen LogP contribution in [0.25, 0.3) is 6.08 Å². The van der Waals surface area contributed by atoms with E-state index in [0.29, 0.717) is 18.5 Å². The van der Waals surface area contributed by atoms with Gasteiger partial charge in [0.1, 0.15) is 0 Å². The fourth-order valence-corrected chi connectivity index (χ4v) is 2.00. The van der Waals surface area contributed by atoms with Crippen LogP contribution in [0.5, 0.6) is 0 Å². The smallest absolute Gasteiger partial charge is 0.186 e. The van der Waals surface area contributed by atoms with E-state index >= 15 is 0 Å². The van der Waals surface area contributed by atoms with Crippen LogP contribution < -0.4 is 5.48 Å². The lowest BCUT2D eigenvalue weighted by Crippen LogP contribution is -2.13. The zero-order valence-corrected chi connectivity index (χ0v) is 11.1. The second-order valence-corrected chi connectivity index (χ2v) is 4.42. The van der Waals surface area contributed by atoms with Gasteiger partial charge in [-0.25, -0.2) is 5.48 Å². The quantitative estimate of drug-likeness (QED) is 0.480. The van der Waals surface area contributed by atoms with E-state index < -0.39 is 0 Å². The minimum absolute atomic E-state index is 0.0256. The van der Waals surface area contributed by atoms with Gasteiger partial charge in [0, 0.05) is 12.1 Å². The molecule has 3 nitrogen and oxygen atoms in total. The van der Waals surface area contributed by atoms with Crippen LogP contribution in [-0.2, 0) is 6.42 Å². The van der Waals surface area contributed by atoms with Gasteiger partial charge >= 0.3 is 0 Å². The molecular weight excluding hydrogens is 250 g/mol. The number of benzene rings is 2. The van der Waals surface area contributed by atoms with E-state index in [1.807, 2.05) is 60.7 Å². The van der Waals surface area contributed by atoms with E-state index in [9.17, 15) is 4.79 Å². The van der Waals surface area contributed by atoms with E-state index in [2.05, 4.69) is 5.48 Å². The molecule has 0 aromatic heterocycles. The summed E-state index contributed by atoms with van der Waals surface area (Å²) in [7, 11) is 0. The lowest BCUT2D eigenvalue weighted by Gasteiger charge is -2.05. The van der Waals surface area contributed by atoms with Crippen LogP contribution in [0.4, 0.5) is 0 Å². The number of rotatable bonds is 6. The van der Waals surface area contributed by atoms with Crippen molar-refractivity contribution in [3.05, 3.63) is 77.4 Å². The number of nitrogens with one attached hydrogen (secondary N) is 1. The molecule has 0 saturated carbocycles. The Bertz CT molecular complexity index is 591. The summed E-state index contributed by atoms with van der Waals surface area (Å²) in [6.07, 6.45) is 4.00. The number of ketones is 1. The first-order valence-electron chi connectivity index (χ1n) is 6.53. The average molecular weight is 267 g/mol. The molecule has 0 aliphatic heterocycles. The maximum Gasteiger partial charge on any atom is 0.186 e. The van der Waals surface area contributed by atoms with Crippen molar-refractivity contribution in [1.82, 2.24) is 5.48 Å². The Morgan fingerprint density at radius 3 is 2.50 bits per heavy atom. The molecule has 2 aromatic rings. The number of hydrogen-bond acceptors (Lipinski definition) is 3. The van der Waals surface area contributed by atoms with Crippen molar-refractivity contribution in [3.8, 4) is 0 Å². The van der Waals surface area contributed by atoms with E-state index in [-0.39, 0.29) is 5.78 Å². The molecule has 0 heterocycles. The van der Waals surface area contributed by atoms with Gasteiger partial charge in [-0.3, -0.25) is 4.79 Å². The van der Waals surface area contributed by atoms with Gasteiger partial charge in [0.2, 0.25) is 0 Å². The number of carbonyl (C=O) groups is 1. The average Bonchev–Trinajstić information content (AvgIpc) is 2.52. The molecule has 2 rings (SSSR count). The molecule has 0 amide bonds. The zero-order chi connectivity index (χ0) is 14.2. The molecule has 102 valence electrons. The van der Waals surface area contributed by atoms with Crippen molar-refractivity contribution in [2.24, 2.45) is 0 Å². The third-order valence-electron chi connectivity index (χ3n) is 3.02. The summed E-state index contributed by atoms with van der Waals surface area (Å²) in [4.78, 5) is 12.2. The summed E-state index contributed by atoms with van der Waals surface area (Å²) in [6, 6.07) is 17.2. The number of allylic oxidation sites excluding steroid dienone is 1. The maximum absolute atomic E-state index is 12.2. The summed E-state index contributed by atoms with van der Waals surface area (Å²) in [6.45, 7) is 0.423. The normalized spacial score (nSPS) is 10.8. The molecule has 0 spiro atoms. The molecule has 0 bridgehead atoms. The summed E-state index contributed by atoms with van der Waals surface area (Å²) in [5.74, 6) is -0.0256. The minimum Gasteiger partial charge on any atom is -0.317 e. The highest BCUT2D eigenvalue weighted by molar-refractivity contribution is 6.07. The van der Waals surface area contributed by atoms with Gasteiger partial charge in [-0.05, 0) is 23.6 Å². The van der Waals surface area contributed by atoms with Gasteiger partial charge in [0.25, 0.3) is 0 Å². The molecule has 20 heavy (non-hydrogen) atoms. The molecule has 0 aliphatic rings. The fourth-order valence-electron chi connectivity index (χ4n) is 2.00. The summed E-state index contributed by atoms with van der Waals surface area (Å²) in [5.41, 5.74) is 4.71. The SMILES string of the molecule is O=C(C=Cc1ccccc1)c1ccccc1CCNO. The Morgan fingerprint density at radius 1 is 1.05 bits per heavy atom. The highest BCUT2D eigenvalue weighted by Gasteiger charge is 2.07. The Morgan fingerprint density at radius 2 is 1.75 bits per heavy atom. The van der Waals surface area contributed by atoms with E-state index in [4.69, 9.17) is 5.21 Å². The first kappa shape index (κ1) is 14.2. The van der Waals surface area contributed by atoms with Crippen molar-refractivity contribution in [1.29, 1.82) is 0 Å². The molecule has 0 fully saturated rings. The van der Waals surface area contributed by atoms with E-state index in [1.54, 1.807) is 6.08 Å². The molecule has 2 N–H and O–H groups in total. The summed E-state index contributed by atoms with van der Waals surface area (Å²) >= 11 is 0. The number of hydrogen-bond donors (Lipinski definition) is 2. The third kappa shape index (κ3) is 3.88. The molecule has 0 atom stereocenters. The van der Waals surface area contributed by atoms with Crippen molar-refractivity contribution >= 4 is 11.9 Å². The molecule has 2 aromatic carbocycles. The predicted octanol–water partition coefficient (Wildman–Crippen LogP) is 3.10. The zero-order valence-electron chi connectivity index (χ0n) is 11.1. The van der Waals surface area contributed by atoms with Gasteiger partial charge in [0.15, 0.2) is 5.78 Å². The van der Waals surface area contributed by atoms with Gasteiger partial charge in [-0.15, -0.1) is 0 Å². The van der Waals surface area contributed by atoms with Crippen LogP contribution in [0, 0.1) is 0 Å². The summed E-state index contributed by atoms with van der Waals surface area (Å²) in [5, 5.41) is 8.66. The largest absolute Gasteiger partial charge is 0.317 e. The van der Waals surface area contributed by atoms with Crippen molar-refractivity contribution < 1.29 is 10.0 Å². The first-order valence-corrected chi connectivity index (χ1v) is 6.53. The Balaban J connectivity index is 2.15. The van der Waals surface area contributed by atoms with Crippen LogP contribution in [0.2, 0.25) is 0 Å². The monoisotopic (exact) mass is 267 g/mol. The highest BCUT2D eigenvalue weighted by Crippen LogP contribution is 2.12.